The fourth-order valence-corrected chi connectivity index (χ4v) is 3.80. The zero-order valence-corrected chi connectivity index (χ0v) is 13.6. The molecule has 1 N–H and O–H groups in total. The topological polar surface area (TPSA) is 62.7 Å². The molecule has 1 aromatic rings. The van der Waals surface area contributed by atoms with Gasteiger partial charge in [-0.05, 0) is 49.7 Å². The van der Waals surface area contributed by atoms with Crippen molar-refractivity contribution in [3.05, 3.63) is 30.1 Å². The summed E-state index contributed by atoms with van der Waals surface area (Å²) in [5.41, 5.74) is 1.23. The minimum atomic E-state index is 0.125. The third kappa shape index (κ3) is 4.09. The van der Waals surface area contributed by atoms with E-state index in [4.69, 9.17) is 4.74 Å². The molecule has 23 heavy (non-hydrogen) atoms. The summed E-state index contributed by atoms with van der Waals surface area (Å²) in [6.07, 6.45) is 9.05. The number of amides is 1. The van der Waals surface area contributed by atoms with E-state index in [1.165, 1.54) is 5.56 Å². The van der Waals surface area contributed by atoms with Gasteiger partial charge in [0.2, 0.25) is 5.91 Å². The Morgan fingerprint density at radius 3 is 3.09 bits per heavy atom. The molecule has 1 aromatic heterocycles. The van der Waals surface area contributed by atoms with Crippen LogP contribution in [0.3, 0.4) is 0 Å². The number of pyridine rings is 1. The lowest BCUT2D eigenvalue weighted by Gasteiger charge is -2.37. The Bertz CT molecular complexity index is 508. The second-order valence-corrected chi connectivity index (χ2v) is 6.65. The SMILES string of the molecule is O=C(CCCCc1cccnc1)N1CCO[C@H]2C[C@H](CO)C[C@@H]21. The first-order valence-electron chi connectivity index (χ1n) is 8.68. The van der Waals surface area contributed by atoms with E-state index in [0.29, 0.717) is 19.6 Å². The molecule has 1 saturated carbocycles. The number of unbranched alkanes of at least 4 members (excludes halogenated alkanes) is 1. The highest BCUT2D eigenvalue weighted by molar-refractivity contribution is 5.76. The molecule has 5 nitrogen and oxygen atoms in total. The van der Waals surface area contributed by atoms with Gasteiger partial charge in [0.1, 0.15) is 0 Å². The van der Waals surface area contributed by atoms with Crippen molar-refractivity contribution >= 4 is 5.91 Å². The minimum Gasteiger partial charge on any atom is -0.396 e. The number of fused-ring (bicyclic) bond motifs is 1. The van der Waals surface area contributed by atoms with E-state index >= 15 is 0 Å². The van der Waals surface area contributed by atoms with Crippen LogP contribution in [-0.2, 0) is 16.0 Å². The van der Waals surface area contributed by atoms with Crippen molar-refractivity contribution in [2.45, 2.75) is 50.7 Å². The van der Waals surface area contributed by atoms with Crippen LogP contribution in [-0.4, -0.2) is 52.8 Å². The number of carbonyl (C=O) groups excluding carboxylic acids is 1. The van der Waals surface area contributed by atoms with Crippen molar-refractivity contribution in [3.8, 4) is 0 Å². The maximum absolute atomic E-state index is 12.5. The number of aryl methyl sites for hydroxylation is 1. The molecule has 1 amide bonds. The lowest BCUT2D eigenvalue weighted by molar-refractivity contribution is -0.144. The first-order chi connectivity index (χ1) is 11.3. The standard InChI is InChI=1S/C18H26N2O3/c21-13-15-10-16-17(11-15)23-9-8-20(16)18(22)6-2-1-4-14-5-3-7-19-12-14/h3,5,7,12,15-17,21H,1-2,4,6,8-11,13H2/t15-,16+,17+/m1/s1. The number of nitrogens with zero attached hydrogens (tertiary/aromatic N) is 2. The van der Waals surface area contributed by atoms with Gasteiger partial charge >= 0.3 is 0 Å². The van der Waals surface area contributed by atoms with Crippen molar-refractivity contribution in [2.75, 3.05) is 19.8 Å². The maximum Gasteiger partial charge on any atom is 0.222 e. The number of aliphatic hydroxyl groups is 1. The number of aliphatic hydroxyl groups excluding tert-OH is 1. The van der Waals surface area contributed by atoms with Gasteiger partial charge in [-0.15, -0.1) is 0 Å². The van der Waals surface area contributed by atoms with Gasteiger partial charge in [-0.1, -0.05) is 6.07 Å². The molecule has 2 heterocycles. The number of aromatic nitrogens is 1. The summed E-state index contributed by atoms with van der Waals surface area (Å²) in [4.78, 5) is 18.7. The van der Waals surface area contributed by atoms with Crippen LogP contribution in [0.5, 0.6) is 0 Å². The van der Waals surface area contributed by atoms with Gasteiger partial charge in [-0.3, -0.25) is 9.78 Å². The number of hydrogen-bond acceptors (Lipinski definition) is 4. The van der Waals surface area contributed by atoms with Crippen LogP contribution in [0.1, 0.15) is 37.7 Å². The molecule has 0 bridgehead atoms. The van der Waals surface area contributed by atoms with Crippen molar-refractivity contribution in [3.63, 3.8) is 0 Å². The van der Waals surface area contributed by atoms with E-state index in [0.717, 1.165) is 32.1 Å². The van der Waals surface area contributed by atoms with Gasteiger partial charge in [-0.25, -0.2) is 0 Å². The van der Waals surface area contributed by atoms with Crippen LogP contribution < -0.4 is 0 Å². The molecular weight excluding hydrogens is 292 g/mol. The molecule has 3 rings (SSSR count). The smallest absolute Gasteiger partial charge is 0.222 e. The van der Waals surface area contributed by atoms with Crippen molar-refractivity contribution in [1.82, 2.24) is 9.88 Å². The molecule has 2 fully saturated rings. The Morgan fingerprint density at radius 1 is 1.39 bits per heavy atom. The third-order valence-electron chi connectivity index (χ3n) is 5.04. The molecule has 0 aromatic carbocycles. The number of hydrogen-bond donors (Lipinski definition) is 1. The molecule has 0 radical (unpaired) electrons. The second-order valence-electron chi connectivity index (χ2n) is 6.65. The normalized spacial score (nSPS) is 27.0. The van der Waals surface area contributed by atoms with Gasteiger partial charge in [0.05, 0.1) is 18.8 Å². The van der Waals surface area contributed by atoms with E-state index in [1.54, 1.807) is 6.20 Å². The summed E-state index contributed by atoms with van der Waals surface area (Å²) in [5, 5.41) is 9.36. The van der Waals surface area contributed by atoms with Crippen LogP contribution in [0.4, 0.5) is 0 Å². The van der Waals surface area contributed by atoms with Crippen LogP contribution in [0.2, 0.25) is 0 Å². The summed E-state index contributed by atoms with van der Waals surface area (Å²) in [7, 11) is 0. The maximum atomic E-state index is 12.5. The summed E-state index contributed by atoms with van der Waals surface area (Å²) < 4.78 is 5.79. The van der Waals surface area contributed by atoms with Crippen molar-refractivity contribution < 1.29 is 14.6 Å². The molecule has 0 unspecified atom stereocenters. The lowest BCUT2D eigenvalue weighted by atomic mass is 10.1. The molecular formula is C18H26N2O3. The second kappa shape index (κ2) is 7.88. The van der Waals surface area contributed by atoms with Gasteiger partial charge in [-0.2, -0.15) is 0 Å². The molecule has 5 heteroatoms. The van der Waals surface area contributed by atoms with Crippen molar-refractivity contribution in [2.24, 2.45) is 5.92 Å². The van der Waals surface area contributed by atoms with Gasteiger partial charge in [0, 0.05) is 32.0 Å². The van der Waals surface area contributed by atoms with E-state index in [2.05, 4.69) is 11.1 Å². The number of morpholine rings is 1. The Balaban J connectivity index is 1.44. The van der Waals surface area contributed by atoms with Crippen LogP contribution >= 0.6 is 0 Å². The summed E-state index contributed by atoms with van der Waals surface area (Å²) in [6, 6.07) is 4.20. The van der Waals surface area contributed by atoms with Gasteiger partial charge in [0.25, 0.3) is 0 Å². The van der Waals surface area contributed by atoms with Crippen LogP contribution in [0, 0.1) is 5.92 Å². The van der Waals surface area contributed by atoms with E-state index in [1.807, 2.05) is 17.2 Å². The third-order valence-corrected chi connectivity index (χ3v) is 5.04. The van der Waals surface area contributed by atoms with Gasteiger partial charge in [0.15, 0.2) is 0 Å². The van der Waals surface area contributed by atoms with E-state index < -0.39 is 0 Å². The Labute approximate surface area is 137 Å². The molecule has 126 valence electrons. The highest BCUT2D eigenvalue weighted by atomic mass is 16.5. The van der Waals surface area contributed by atoms with Crippen molar-refractivity contribution in [1.29, 1.82) is 0 Å². The largest absolute Gasteiger partial charge is 0.396 e. The monoisotopic (exact) mass is 318 g/mol. The molecule has 1 saturated heterocycles. The van der Waals surface area contributed by atoms with Crippen LogP contribution in [0.15, 0.2) is 24.5 Å². The highest BCUT2D eigenvalue weighted by Crippen LogP contribution is 2.34. The fourth-order valence-electron chi connectivity index (χ4n) is 3.80. The number of rotatable bonds is 6. The minimum absolute atomic E-state index is 0.125. The molecule has 1 aliphatic carbocycles. The number of ether oxygens (including phenoxy) is 1. The zero-order valence-electron chi connectivity index (χ0n) is 13.6. The predicted octanol–water partition coefficient (Wildman–Crippen LogP) is 1.79. The first-order valence-corrected chi connectivity index (χ1v) is 8.68. The average molecular weight is 318 g/mol. The van der Waals surface area contributed by atoms with Crippen LogP contribution in [0.25, 0.3) is 0 Å². The summed E-state index contributed by atoms with van der Waals surface area (Å²) >= 11 is 0. The van der Waals surface area contributed by atoms with E-state index in [-0.39, 0.29) is 30.6 Å². The quantitative estimate of drug-likeness (QED) is 0.812. The molecule has 2 aliphatic rings. The number of carbonyl (C=O) groups is 1. The molecule has 3 atom stereocenters. The Morgan fingerprint density at radius 2 is 2.30 bits per heavy atom. The summed E-state index contributed by atoms with van der Waals surface area (Å²) in [6.45, 7) is 1.52. The predicted molar refractivity (Wildman–Crippen MR) is 86.8 cm³/mol. The van der Waals surface area contributed by atoms with E-state index in [9.17, 15) is 9.90 Å². The summed E-state index contributed by atoms with van der Waals surface area (Å²) in [5.74, 6) is 0.525. The average Bonchev–Trinajstić information content (AvgIpc) is 3.02. The fraction of sp³-hybridized carbons (Fsp3) is 0.667. The first kappa shape index (κ1) is 16.4. The highest BCUT2D eigenvalue weighted by Gasteiger charge is 2.42. The molecule has 0 spiro atoms. The Hall–Kier alpha value is -1.46. The zero-order chi connectivity index (χ0) is 16.1. The Kier molecular flexibility index (Phi) is 5.62. The van der Waals surface area contributed by atoms with Gasteiger partial charge < -0.3 is 14.7 Å². The lowest BCUT2D eigenvalue weighted by Crippen LogP contribution is -2.51. The molecule has 1 aliphatic heterocycles.